The molecule has 1 unspecified atom stereocenters. The minimum atomic E-state index is -0.763. The Labute approximate surface area is 182 Å². The average Bonchev–Trinajstić information content (AvgIpc) is 3.23. The van der Waals surface area contributed by atoms with Gasteiger partial charge in [-0.3, -0.25) is 0 Å². The van der Waals surface area contributed by atoms with Crippen LogP contribution in [0, 0.1) is 0 Å². The van der Waals surface area contributed by atoms with Crippen molar-refractivity contribution in [1.29, 1.82) is 0 Å². The van der Waals surface area contributed by atoms with Crippen molar-refractivity contribution in [3.63, 3.8) is 0 Å². The lowest BCUT2D eigenvalue weighted by Crippen LogP contribution is -2.27. The summed E-state index contributed by atoms with van der Waals surface area (Å²) in [5.41, 5.74) is 3.27. The first-order valence-electron chi connectivity index (χ1n) is 10.3. The second-order valence-electron chi connectivity index (χ2n) is 7.66. The number of rotatable bonds is 8. The van der Waals surface area contributed by atoms with Crippen LogP contribution in [0.1, 0.15) is 63.2 Å². The number of hydrogen-bond donors (Lipinski definition) is 1. The van der Waals surface area contributed by atoms with Gasteiger partial charge in [0.2, 0.25) is 0 Å². The molecule has 2 aromatic rings. The van der Waals surface area contributed by atoms with Crippen LogP contribution in [-0.4, -0.2) is 36.6 Å². The van der Waals surface area contributed by atoms with Crippen LogP contribution in [0.15, 0.2) is 52.0 Å². The molecule has 1 N–H and O–H groups in total. The molecule has 0 fully saturated rings. The summed E-state index contributed by atoms with van der Waals surface area (Å²) in [5.74, 6) is 1.17. The number of hydrogen-bond acceptors (Lipinski definition) is 8. The number of carbonyl (C=O) groups excluding carboxylic acids is 1. The minimum absolute atomic E-state index is 0.125. The highest BCUT2D eigenvalue weighted by Gasteiger charge is 2.36. The fourth-order valence-electron chi connectivity index (χ4n) is 3.41. The lowest BCUT2D eigenvalue weighted by Gasteiger charge is -2.29. The number of benzene rings is 1. The molecule has 8 nitrogen and oxygen atoms in total. The quantitative estimate of drug-likeness (QED) is 0.477. The molecule has 1 aromatic carbocycles. The van der Waals surface area contributed by atoms with Gasteiger partial charge in [-0.15, -0.1) is 0 Å². The highest BCUT2D eigenvalue weighted by atomic mass is 16.7. The van der Waals surface area contributed by atoms with Crippen LogP contribution in [0.25, 0.3) is 5.57 Å². The van der Waals surface area contributed by atoms with Gasteiger partial charge in [-0.05, 0) is 19.4 Å². The number of aromatic nitrogens is 2. The Balaban J connectivity index is 1.95. The number of methoxy groups -OCH3 is 1. The molecule has 0 saturated heterocycles. The first-order chi connectivity index (χ1) is 14.9. The maximum absolute atomic E-state index is 12.4. The first kappa shape index (κ1) is 22.6. The summed E-state index contributed by atoms with van der Waals surface area (Å²) in [7, 11) is 1.60. The topological polar surface area (TPSA) is 95.7 Å². The second kappa shape index (κ2) is 10.3. The van der Waals surface area contributed by atoms with Crippen LogP contribution in [-0.2, 0) is 14.2 Å². The van der Waals surface area contributed by atoms with E-state index in [-0.39, 0.29) is 12.5 Å². The molecule has 1 aliphatic heterocycles. The highest BCUT2D eigenvalue weighted by molar-refractivity contribution is 5.75. The summed E-state index contributed by atoms with van der Waals surface area (Å²) in [6.07, 6.45) is -0.172. The Morgan fingerprint density at radius 1 is 1.16 bits per heavy atom. The summed E-state index contributed by atoms with van der Waals surface area (Å²) in [6.45, 7) is 8.52. The maximum atomic E-state index is 12.4. The zero-order chi connectivity index (χ0) is 22.4. The molecule has 0 saturated carbocycles. The molecule has 2 heterocycles. The lowest BCUT2D eigenvalue weighted by molar-refractivity contribution is 0.0652. The van der Waals surface area contributed by atoms with E-state index in [2.05, 4.69) is 15.5 Å². The van der Waals surface area contributed by atoms with E-state index in [1.165, 1.54) is 0 Å². The minimum Gasteiger partial charge on any atom is -0.434 e. The molecule has 166 valence electrons. The van der Waals surface area contributed by atoms with Crippen LogP contribution >= 0.6 is 0 Å². The van der Waals surface area contributed by atoms with Crippen molar-refractivity contribution in [3.8, 4) is 0 Å². The van der Waals surface area contributed by atoms with E-state index in [0.717, 1.165) is 16.8 Å². The molecule has 0 bridgehead atoms. The largest absolute Gasteiger partial charge is 0.513 e. The third-order valence-electron chi connectivity index (χ3n) is 4.93. The Bertz CT molecular complexity index is 963. The summed E-state index contributed by atoms with van der Waals surface area (Å²) < 4.78 is 21.5. The van der Waals surface area contributed by atoms with E-state index < -0.39 is 12.1 Å². The number of carbonyl (C=O) groups is 1. The number of dihydropyridines is 1. The molecular weight excluding hydrogens is 398 g/mol. The van der Waals surface area contributed by atoms with Gasteiger partial charge in [0.25, 0.3) is 5.89 Å². The summed E-state index contributed by atoms with van der Waals surface area (Å²) in [5, 5.41) is 7.38. The SMILES string of the molecule is COCCCOC(=O)OC1=C(C)NC(C)=C(c2nc(C(C)C)no2)C1c1ccccc1. The fraction of sp³-hybridized carbons (Fsp3) is 0.435. The molecule has 3 rings (SSSR count). The molecular formula is C23H29N3O5. The Morgan fingerprint density at radius 2 is 1.90 bits per heavy atom. The van der Waals surface area contributed by atoms with Crippen LogP contribution in [0.5, 0.6) is 0 Å². The van der Waals surface area contributed by atoms with Crippen molar-refractivity contribution in [2.45, 2.75) is 46.0 Å². The van der Waals surface area contributed by atoms with Gasteiger partial charge in [0.15, 0.2) is 5.82 Å². The molecule has 0 spiro atoms. The molecule has 1 aliphatic rings. The third-order valence-corrected chi connectivity index (χ3v) is 4.93. The van der Waals surface area contributed by atoms with E-state index in [4.69, 9.17) is 18.7 Å². The highest BCUT2D eigenvalue weighted by Crippen LogP contribution is 2.43. The van der Waals surface area contributed by atoms with Crippen molar-refractivity contribution >= 4 is 11.7 Å². The monoisotopic (exact) mass is 427 g/mol. The van der Waals surface area contributed by atoms with Crippen LogP contribution in [0.4, 0.5) is 4.79 Å². The molecule has 0 amide bonds. The molecule has 0 radical (unpaired) electrons. The Hall–Kier alpha value is -3.13. The van der Waals surface area contributed by atoms with E-state index >= 15 is 0 Å². The van der Waals surface area contributed by atoms with Crippen molar-refractivity contribution in [2.24, 2.45) is 0 Å². The number of nitrogens with one attached hydrogen (secondary N) is 1. The summed E-state index contributed by atoms with van der Waals surface area (Å²) >= 11 is 0. The van der Waals surface area contributed by atoms with Gasteiger partial charge in [0.1, 0.15) is 5.76 Å². The van der Waals surface area contributed by atoms with Crippen molar-refractivity contribution in [1.82, 2.24) is 15.5 Å². The zero-order valence-electron chi connectivity index (χ0n) is 18.6. The molecule has 8 heteroatoms. The average molecular weight is 428 g/mol. The van der Waals surface area contributed by atoms with Gasteiger partial charge in [-0.2, -0.15) is 4.98 Å². The predicted molar refractivity (Wildman–Crippen MR) is 115 cm³/mol. The van der Waals surface area contributed by atoms with Gasteiger partial charge in [0, 0.05) is 31.8 Å². The van der Waals surface area contributed by atoms with Gasteiger partial charge in [-0.1, -0.05) is 49.3 Å². The standard InChI is InChI=1S/C23H29N3O5/c1-14(2)21-25-22(31-26-21)18-15(3)24-16(4)20(19(18)17-10-7-6-8-11-17)30-23(27)29-13-9-12-28-5/h6-8,10-11,14,19,24H,9,12-13H2,1-5H3. The molecule has 0 aliphatic carbocycles. The van der Waals surface area contributed by atoms with Gasteiger partial charge < -0.3 is 24.1 Å². The third kappa shape index (κ3) is 5.32. The molecule has 1 aromatic heterocycles. The van der Waals surface area contributed by atoms with E-state index in [9.17, 15) is 4.79 Å². The van der Waals surface area contributed by atoms with Crippen LogP contribution in [0.3, 0.4) is 0 Å². The van der Waals surface area contributed by atoms with Crippen LogP contribution < -0.4 is 5.32 Å². The van der Waals surface area contributed by atoms with Gasteiger partial charge in [-0.25, -0.2) is 4.79 Å². The maximum Gasteiger partial charge on any atom is 0.513 e. The smallest absolute Gasteiger partial charge is 0.434 e. The van der Waals surface area contributed by atoms with Crippen LogP contribution in [0.2, 0.25) is 0 Å². The van der Waals surface area contributed by atoms with E-state index in [1.54, 1.807) is 7.11 Å². The van der Waals surface area contributed by atoms with Crippen molar-refractivity contribution in [3.05, 3.63) is 64.8 Å². The van der Waals surface area contributed by atoms with Gasteiger partial charge in [0.05, 0.1) is 23.8 Å². The van der Waals surface area contributed by atoms with E-state index in [1.807, 2.05) is 58.0 Å². The normalized spacial score (nSPS) is 16.5. The Morgan fingerprint density at radius 3 is 2.55 bits per heavy atom. The molecule has 1 atom stereocenters. The predicted octanol–water partition coefficient (Wildman–Crippen LogP) is 4.73. The summed E-state index contributed by atoms with van der Waals surface area (Å²) in [4.78, 5) is 17.0. The summed E-state index contributed by atoms with van der Waals surface area (Å²) in [6, 6.07) is 9.76. The Kier molecular flexibility index (Phi) is 7.46. The second-order valence-corrected chi connectivity index (χ2v) is 7.66. The number of nitrogens with zero attached hydrogens (tertiary/aromatic N) is 2. The number of allylic oxidation sites excluding steroid dienone is 3. The lowest BCUT2D eigenvalue weighted by atomic mass is 9.85. The molecule has 31 heavy (non-hydrogen) atoms. The zero-order valence-corrected chi connectivity index (χ0v) is 18.6. The van der Waals surface area contributed by atoms with E-state index in [0.29, 0.717) is 36.2 Å². The fourth-order valence-corrected chi connectivity index (χ4v) is 3.41. The van der Waals surface area contributed by atoms with Gasteiger partial charge >= 0.3 is 6.16 Å². The van der Waals surface area contributed by atoms with Crippen molar-refractivity contribution < 1.29 is 23.5 Å². The number of ether oxygens (including phenoxy) is 3. The van der Waals surface area contributed by atoms with Crippen molar-refractivity contribution in [2.75, 3.05) is 20.3 Å². The first-order valence-corrected chi connectivity index (χ1v) is 10.3.